The van der Waals surface area contributed by atoms with Gasteiger partial charge in [0, 0.05) is 51.4 Å². The van der Waals surface area contributed by atoms with Crippen LogP contribution in [0.15, 0.2) is 11.1 Å². The molecule has 0 radical (unpaired) electrons. The molecule has 7 heteroatoms. The second-order valence-corrected chi connectivity index (χ2v) is 7.24. The maximum Gasteiger partial charge on any atom is 0.222 e. The van der Waals surface area contributed by atoms with Crippen LogP contribution in [0.1, 0.15) is 56.8 Å². The summed E-state index contributed by atoms with van der Waals surface area (Å²) in [5.41, 5.74) is 2.27. The van der Waals surface area contributed by atoms with Gasteiger partial charge in [0.05, 0.1) is 5.69 Å². The van der Waals surface area contributed by atoms with Gasteiger partial charge < -0.3 is 15.5 Å². The minimum absolute atomic E-state index is 0.311. The first-order chi connectivity index (χ1) is 13.1. The molecule has 27 heavy (non-hydrogen) atoms. The molecule has 1 aromatic heterocycles. The van der Waals surface area contributed by atoms with Gasteiger partial charge in [0.2, 0.25) is 5.91 Å². The molecular formula is C20H36N6O. The Kier molecular flexibility index (Phi) is 9.15. The zero-order chi connectivity index (χ0) is 19.5. The van der Waals surface area contributed by atoms with Gasteiger partial charge in [0.25, 0.3) is 0 Å². The normalized spacial score (nSPS) is 15.7. The molecule has 1 aromatic rings. The largest absolute Gasteiger partial charge is 0.357 e. The fourth-order valence-corrected chi connectivity index (χ4v) is 3.41. The Balaban J connectivity index is 1.68. The van der Waals surface area contributed by atoms with Gasteiger partial charge in [0.15, 0.2) is 5.96 Å². The molecule has 152 valence electrons. The Morgan fingerprint density at radius 2 is 2.04 bits per heavy atom. The molecule has 2 rings (SSSR count). The van der Waals surface area contributed by atoms with Crippen molar-refractivity contribution in [1.29, 1.82) is 0 Å². The van der Waals surface area contributed by atoms with Crippen LogP contribution in [0.2, 0.25) is 0 Å². The van der Waals surface area contributed by atoms with Gasteiger partial charge in [-0.15, -0.1) is 0 Å². The van der Waals surface area contributed by atoms with Crippen molar-refractivity contribution >= 4 is 11.9 Å². The second kappa shape index (κ2) is 11.6. The highest BCUT2D eigenvalue weighted by Gasteiger charge is 2.15. The zero-order valence-corrected chi connectivity index (χ0v) is 17.3. The first-order valence-electron chi connectivity index (χ1n) is 10.4. The summed E-state index contributed by atoms with van der Waals surface area (Å²) in [6, 6.07) is 2.11. The van der Waals surface area contributed by atoms with Gasteiger partial charge in [-0.1, -0.05) is 6.42 Å². The molecule has 2 N–H and O–H groups in total. The summed E-state index contributed by atoms with van der Waals surface area (Å²) in [6.45, 7) is 11.3. The Morgan fingerprint density at radius 3 is 2.78 bits per heavy atom. The molecule has 0 saturated carbocycles. The minimum atomic E-state index is 0.311. The van der Waals surface area contributed by atoms with E-state index in [9.17, 15) is 4.79 Å². The number of aryl methyl sites for hydroxylation is 3. The topological polar surface area (TPSA) is 74.6 Å². The number of aromatic nitrogens is 2. The lowest BCUT2D eigenvalue weighted by Gasteiger charge is -2.20. The first kappa shape index (κ1) is 21.3. The molecule has 0 aliphatic carbocycles. The number of rotatable bonds is 9. The molecule has 2 heterocycles. The Labute approximate surface area is 163 Å². The van der Waals surface area contributed by atoms with Crippen molar-refractivity contribution in [2.24, 2.45) is 4.99 Å². The van der Waals surface area contributed by atoms with Crippen LogP contribution in [0.4, 0.5) is 0 Å². The fourth-order valence-electron chi connectivity index (χ4n) is 3.41. The van der Waals surface area contributed by atoms with E-state index >= 15 is 0 Å². The Bertz CT molecular complexity index is 610. The predicted octanol–water partition coefficient (Wildman–Crippen LogP) is 2.24. The Hall–Kier alpha value is -2.05. The lowest BCUT2D eigenvalue weighted by molar-refractivity contribution is -0.130. The number of nitrogens with zero attached hydrogens (tertiary/aromatic N) is 4. The van der Waals surface area contributed by atoms with Crippen molar-refractivity contribution in [2.45, 2.75) is 65.8 Å². The maximum absolute atomic E-state index is 12.0. The van der Waals surface area contributed by atoms with Gasteiger partial charge in [0.1, 0.15) is 0 Å². The summed E-state index contributed by atoms with van der Waals surface area (Å²) in [7, 11) is 0. The molecule has 0 aromatic carbocycles. The maximum atomic E-state index is 12.0. The number of nitrogens with one attached hydrogen (secondary N) is 2. The third-order valence-electron chi connectivity index (χ3n) is 4.81. The molecule has 1 aliphatic heterocycles. The van der Waals surface area contributed by atoms with E-state index in [4.69, 9.17) is 0 Å². The van der Waals surface area contributed by atoms with Crippen LogP contribution >= 0.6 is 0 Å². The number of carbonyl (C=O) groups excluding carboxylic acids is 1. The van der Waals surface area contributed by atoms with E-state index in [1.807, 2.05) is 11.8 Å². The average Bonchev–Trinajstić information content (AvgIpc) is 2.82. The molecule has 0 unspecified atom stereocenters. The summed E-state index contributed by atoms with van der Waals surface area (Å²) in [5.74, 6) is 1.17. The van der Waals surface area contributed by atoms with E-state index in [1.165, 1.54) is 12.1 Å². The molecule has 7 nitrogen and oxygen atoms in total. The van der Waals surface area contributed by atoms with Crippen LogP contribution in [-0.4, -0.2) is 59.3 Å². The number of hydrogen-bond donors (Lipinski definition) is 2. The van der Waals surface area contributed by atoms with Crippen molar-refractivity contribution in [3.63, 3.8) is 0 Å². The van der Waals surface area contributed by atoms with Crippen LogP contribution in [0.25, 0.3) is 0 Å². The number of aliphatic imine (C=N–C) groups is 1. The van der Waals surface area contributed by atoms with E-state index < -0.39 is 0 Å². The summed E-state index contributed by atoms with van der Waals surface area (Å²) < 4.78 is 2.05. The monoisotopic (exact) mass is 376 g/mol. The molecule has 0 spiro atoms. The number of likely N-dealkylation sites (tertiary alicyclic amines) is 1. The number of carbonyl (C=O) groups is 1. The third kappa shape index (κ3) is 7.61. The average molecular weight is 377 g/mol. The van der Waals surface area contributed by atoms with Gasteiger partial charge >= 0.3 is 0 Å². The highest BCUT2D eigenvalue weighted by Crippen LogP contribution is 2.11. The van der Waals surface area contributed by atoms with Crippen LogP contribution < -0.4 is 10.6 Å². The second-order valence-electron chi connectivity index (χ2n) is 7.24. The SMILES string of the molecule is CCNC(=NCCCN1CCCCCC1=O)NCCCn1nc(C)cc1C. The smallest absolute Gasteiger partial charge is 0.222 e. The van der Waals surface area contributed by atoms with Crippen molar-refractivity contribution in [2.75, 3.05) is 32.7 Å². The van der Waals surface area contributed by atoms with E-state index in [0.717, 1.165) is 76.6 Å². The van der Waals surface area contributed by atoms with E-state index in [0.29, 0.717) is 12.3 Å². The summed E-state index contributed by atoms with van der Waals surface area (Å²) in [6.07, 6.45) is 5.96. The molecule has 0 atom stereocenters. The number of guanidine groups is 1. The van der Waals surface area contributed by atoms with Crippen molar-refractivity contribution < 1.29 is 4.79 Å². The third-order valence-corrected chi connectivity index (χ3v) is 4.81. The van der Waals surface area contributed by atoms with Gasteiger partial charge in [-0.05, 0) is 52.5 Å². The van der Waals surface area contributed by atoms with Crippen LogP contribution in [0, 0.1) is 13.8 Å². The van der Waals surface area contributed by atoms with Crippen molar-refractivity contribution in [1.82, 2.24) is 25.3 Å². The van der Waals surface area contributed by atoms with Crippen LogP contribution in [-0.2, 0) is 11.3 Å². The van der Waals surface area contributed by atoms with Gasteiger partial charge in [-0.25, -0.2) is 0 Å². The number of hydrogen-bond acceptors (Lipinski definition) is 3. The fraction of sp³-hybridized carbons (Fsp3) is 0.750. The predicted molar refractivity (Wildman–Crippen MR) is 110 cm³/mol. The highest BCUT2D eigenvalue weighted by atomic mass is 16.2. The number of amides is 1. The summed E-state index contributed by atoms with van der Waals surface area (Å²) >= 11 is 0. The molecule has 0 bridgehead atoms. The van der Waals surface area contributed by atoms with E-state index in [1.54, 1.807) is 0 Å². The summed E-state index contributed by atoms with van der Waals surface area (Å²) in [4.78, 5) is 18.7. The van der Waals surface area contributed by atoms with Gasteiger partial charge in [-0.3, -0.25) is 14.5 Å². The summed E-state index contributed by atoms with van der Waals surface area (Å²) in [5, 5.41) is 11.2. The van der Waals surface area contributed by atoms with Crippen LogP contribution in [0.3, 0.4) is 0 Å². The highest BCUT2D eigenvalue weighted by molar-refractivity contribution is 5.79. The quantitative estimate of drug-likeness (QED) is 0.394. The molecule has 1 amide bonds. The lowest BCUT2D eigenvalue weighted by Crippen LogP contribution is -2.38. The zero-order valence-electron chi connectivity index (χ0n) is 17.3. The van der Waals surface area contributed by atoms with E-state index in [2.05, 4.69) is 45.3 Å². The van der Waals surface area contributed by atoms with E-state index in [-0.39, 0.29) is 0 Å². The van der Waals surface area contributed by atoms with Crippen molar-refractivity contribution in [3.05, 3.63) is 17.5 Å². The molecule has 1 fully saturated rings. The molecule has 1 saturated heterocycles. The van der Waals surface area contributed by atoms with Crippen molar-refractivity contribution in [3.8, 4) is 0 Å². The van der Waals surface area contributed by atoms with Crippen LogP contribution in [0.5, 0.6) is 0 Å². The molecular weight excluding hydrogens is 340 g/mol. The Morgan fingerprint density at radius 1 is 1.19 bits per heavy atom. The van der Waals surface area contributed by atoms with Gasteiger partial charge in [-0.2, -0.15) is 5.10 Å². The first-order valence-corrected chi connectivity index (χ1v) is 10.4. The standard InChI is InChI=1S/C20H36N6O/c1-4-21-20(23-12-9-15-26-18(3)16-17(2)24-26)22-11-8-14-25-13-7-5-6-10-19(25)27/h16H,4-15H2,1-3H3,(H2,21,22,23). The lowest BCUT2D eigenvalue weighted by atomic mass is 10.2. The molecule has 1 aliphatic rings. The minimum Gasteiger partial charge on any atom is -0.357 e.